The summed E-state index contributed by atoms with van der Waals surface area (Å²) >= 11 is 0. The SMILES string of the molecule is C.COCc1ccccc1O.CON(C)C[C@@H]1COc2ccccc2C1. The number of ether oxygens (including phenoxy) is 2. The minimum atomic E-state index is 0. The Kier molecular flexibility index (Phi) is 9.73. The second-order valence-electron chi connectivity index (χ2n) is 6.04. The number of nitrogens with zero attached hydrogens (tertiary/aromatic N) is 1. The number of aromatic hydroxyl groups is 1. The molecular weight excluding hydrogens is 330 g/mol. The molecule has 5 heteroatoms. The molecule has 0 amide bonds. The molecule has 1 aliphatic rings. The van der Waals surface area contributed by atoms with Crippen molar-refractivity contribution in [3.8, 4) is 11.5 Å². The number of rotatable bonds is 5. The van der Waals surface area contributed by atoms with E-state index in [0.717, 1.165) is 30.9 Å². The number of hydroxylamine groups is 2. The number of phenols is 1. The highest BCUT2D eigenvalue weighted by atomic mass is 16.7. The Morgan fingerprint density at radius 2 is 1.81 bits per heavy atom. The molecule has 1 atom stereocenters. The Balaban J connectivity index is 0.000000270. The normalized spacial score (nSPS) is 15.2. The molecular formula is C21H31NO4. The summed E-state index contributed by atoms with van der Waals surface area (Å²) in [5.74, 6) is 1.85. The second-order valence-corrected chi connectivity index (χ2v) is 6.04. The Labute approximate surface area is 157 Å². The molecule has 0 fully saturated rings. The third-order valence-corrected chi connectivity index (χ3v) is 4.07. The van der Waals surface area contributed by atoms with Crippen molar-refractivity contribution in [1.82, 2.24) is 5.06 Å². The summed E-state index contributed by atoms with van der Waals surface area (Å²) in [7, 11) is 5.24. The van der Waals surface area contributed by atoms with Crippen LogP contribution < -0.4 is 4.74 Å². The quantitative estimate of drug-likeness (QED) is 0.819. The van der Waals surface area contributed by atoms with Gasteiger partial charge in [0.15, 0.2) is 0 Å². The van der Waals surface area contributed by atoms with Gasteiger partial charge in [-0.3, -0.25) is 0 Å². The molecule has 2 aromatic rings. The molecule has 0 aliphatic carbocycles. The molecule has 1 aliphatic heterocycles. The van der Waals surface area contributed by atoms with E-state index in [1.807, 2.05) is 36.4 Å². The number of para-hydroxylation sites is 2. The number of phenolic OH excluding ortho intramolecular Hbond substituents is 1. The van der Waals surface area contributed by atoms with Crippen molar-refractivity contribution in [1.29, 1.82) is 0 Å². The number of methoxy groups -OCH3 is 1. The molecule has 0 saturated heterocycles. The molecule has 0 unspecified atom stereocenters. The van der Waals surface area contributed by atoms with Crippen LogP contribution in [-0.2, 0) is 22.6 Å². The molecule has 0 bridgehead atoms. The topological polar surface area (TPSA) is 51.2 Å². The largest absolute Gasteiger partial charge is 0.508 e. The van der Waals surface area contributed by atoms with Gasteiger partial charge >= 0.3 is 0 Å². The van der Waals surface area contributed by atoms with Gasteiger partial charge in [-0.15, -0.1) is 0 Å². The third kappa shape index (κ3) is 6.67. The highest BCUT2D eigenvalue weighted by molar-refractivity contribution is 5.35. The Morgan fingerprint density at radius 3 is 2.50 bits per heavy atom. The van der Waals surface area contributed by atoms with Crippen molar-refractivity contribution < 1.29 is 19.4 Å². The first-order valence-electron chi connectivity index (χ1n) is 8.35. The van der Waals surface area contributed by atoms with Crippen LogP contribution in [0, 0.1) is 5.92 Å². The summed E-state index contributed by atoms with van der Waals surface area (Å²) < 4.78 is 10.5. The van der Waals surface area contributed by atoms with E-state index in [4.69, 9.17) is 19.4 Å². The van der Waals surface area contributed by atoms with E-state index in [-0.39, 0.29) is 7.43 Å². The predicted molar refractivity (Wildman–Crippen MR) is 104 cm³/mol. The molecule has 5 nitrogen and oxygen atoms in total. The highest BCUT2D eigenvalue weighted by Gasteiger charge is 2.20. The predicted octanol–water partition coefficient (Wildman–Crippen LogP) is 3.91. The Morgan fingerprint density at radius 1 is 1.12 bits per heavy atom. The molecule has 0 saturated carbocycles. The smallest absolute Gasteiger partial charge is 0.122 e. The lowest BCUT2D eigenvalue weighted by Crippen LogP contribution is -2.32. The van der Waals surface area contributed by atoms with E-state index < -0.39 is 0 Å². The maximum atomic E-state index is 9.16. The average Bonchev–Trinajstić information content (AvgIpc) is 2.64. The van der Waals surface area contributed by atoms with Gasteiger partial charge in [-0.1, -0.05) is 43.8 Å². The van der Waals surface area contributed by atoms with E-state index in [0.29, 0.717) is 18.3 Å². The Bertz CT molecular complexity index is 647. The number of fused-ring (bicyclic) bond motifs is 1. The van der Waals surface area contributed by atoms with Gasteiger partial charge in [-0.25, -0.2) is 0 Å². The molecule has 26 heavy (non-hydrogen) atoms. The fourth-order valence-corrected chi connectivity index (χ4v) is 2.73. The standard InChI is InChI=1S/C12H17NO2.C8H10O2.CH4/c1-13(14-2)8-10-7-11-5-3-4-6-12(11)15-9-10;1-10-6-7-4-2-3-5-8(7)9;/h3-6,10H,7-9H2,1-2H3;2-5,9H,6H2,1H3;1H4/t10-;;/m1../s1. The van der Waals surface area contributed by atoms with Crippen LogP contribution in [0.2, 0.25) is 0 Å². The van der Waals surface area contributed by atoms with Crippen LogP contribution in [-0.4, -0.2) is 44.6 Å². The first kappa shape index (κ1) is 22.0. The zero-order valence-corrected chi connectivity index (χ0v) is 15.1. The van der Waals surface area contributed by atoms with Crippen LogP contribution in [0.15, 0.2) is 48.5 Å². The lowest BCUT2D eigenvalue weighted by Gasteiger charge is -2.27. The van der Waals surface area contributed by atoms with E-state index in [1.54, 1.807) is 26.4 Å². The molecule has 2 aromatic carbocycles. The van der Waals surface area contributed by atoms with Gasteiger partial charge < -0.3 is 19.4 Å². The monoisotopic (exact) mass is 361 g/mol. The highest BCUT2D eigenvalue weighted by Crippen LogP contribution is 2.26. The van der Waals surface area contributed by atoms with E-state index in [1.165, 1.54) is 5.56 Å². The molecule has 0 spiro atoms. The van der Waals surface area contributed by atoms with Gasteiger partial charge in [0, 0.05) is 32.2 Å². The van der Waals surface area contributed by atoms with Crippen LogP contribution in [0.1, 0.15) is 18.6 Å². The van der Waals surface area contributed by atoms with Crippen LogP contribution in [0.25, 0.3) is 0 Å². The van der Waals surface area contributed by atoms with E-state index in [2.05, 4.69) is 12.1 Å². The number of hydrogen-bond donors (Lipinski definition) is 1. The summed E-state index contributed by atoms with van der Waals surface area (Å²) in [5.41, 5.74) is 2.13. The minimum absolute atomic E-state index is 0. The van der Waals surface area contributed by atoms with Crippen molar-refractivity contribution in [2.45, 2.75) is 20.5 Å². The van der Waals surface area contributed by atoms with Gasteiger partial charge in [0.1, 0.15) is 11.5 Å². The van der Waals surface area contributed by atoms with Crippen molar-refractivity contribution in [2.24, 2.45) is 5.92 Å². The maximum Gasteiger partial charge on any atom is 0.122 e. The van der Waals surface area contributed by atoms with E-state index in [9.17, 15) is 0 Å². The lowest BCUT2D eigenvalue weighted by molar-refractivity contribution is -0.121. The molecule has 3 rings (SSSR count). The second kappa shape index (κ2) is 11.5. The van der Waals surface area contributed by atoms with Crippen LogP contribution >= 0.6 is 0 Å². The average molecular weight is 361 g/mol. The van der Waals surface area contributed by atoms with Gasteiger partial charge in [0.25, 0.3) is 0 Å². The fraction of sp³-hybridized carbons (Fsp3) is 0.429. The first-order valence-corrected chi connectivity index (χ1v) is 8.35. The van der Waals surface area contributed by atoms with Crippen molar-refractivity contribution in [3.63, 3.8) is 0 Å². The molecule has 0 aromatic heterocycles. The zero-order chi connectivity index (χ0) is 18.1. The fourth-order valence-electron chi connectivity index (χ4n) is 2.73. The van der Waals surface area contributed by atoms with Gasteiger partial charge in [-0.2, -0.15) is 5.06 Å². The van der Waals surface area contributed by atoms with Gasteiger partial charge in [0.05, 0.1) is 20.3 Å². The van der Waals surface area contributed by atoms with Gasteiger partial charge in [-0.05, 0) is 24.1 Å². The number of hydrogen-bond acceptors (Lipinski definition) is 5. The van der Waals surface area contributed by atoms with Crippen molar-refractivity contribution in [2.75, 3.05) is 34.4 Å². The zero-order valence-electron chi connectivity index (χ0n) is 15.1. The van der Waals surface area contributed by atoms with E-state index >= 15 is 0 Å². The molecule has 1 N–H and O–H groups in total. The Hall–Kier alpha value is -2.08. The summed E-state index contributed by atoms with van der Waals surface area (Å²) in [6.45, 7) is 2.15. The van der Waals surface area contributed by atoms with Gasteiger partial charge in [0.2, 0.25) is 0 Å². The third-order valence-electron chi connectivity index (χ3n) is 4.07. The number of benzene rings is 2. The summed E-state index contributed by atoms with van der Waals surface area (Å²) in [4.78, 5) is 5.12. The summed E-state index contributed by atoms with van der Waals surface area (Å²) in [6.07, 6.45) is 1.07. The summed E-state index contributed by atoms with van der Waals surface area (Å²) in [5, 5.41) is 11.0. The van der Waals surface area contributed by atoms with Crippen LogP contribution in [0.3, 0.4) is 0 Å². The summed E-state index contributed by atoms with van der Waals surface area (Å²) in [6, 6.07) is 15.4. The minimum Gasteiger partial charge on any atom is -0.508 e. The van der Waals surface area contributed by atoms with Crippen LogP contribution in [0.4, 0.5) is 0 Å². The van der Waals surface area contributed by atoms with Crippen molar-refractivity contribution >= 4 is 0 Å². The van der Waals surface area contributed by atoms with Crippen molar-refractivity contribution in [3.05, 3.63) is 59.7 Å². The van der Waals surface area contributed by atoms with Crippen LogP contribution in [0.5, 0.6) is 11.5 Å². The molecule has 1 heterocycles. The first-order chi connectivity index (χ1) is 12.1. The lowest BCUT2D eigenvalue weighted by atomic mass is 9.97. The molecule has 144 valence electrons. The maximum absolute atomic E-state index is 9.16. The molecule has 0 radical (unpaired) electrons.